The van der Waals surface area contributed by atoms with Crippen LogP contribution in [0.1, 0.15) is 24.1 Å². The lowest BCUT2D eigenvalue weighted by atomic mass is 10.1. The third-order valence-electron chi connectivity index (χ3n) is 3.40. The second-order valence-electron chi connectivity index (χ2n) is 5.28. The first-order valence-electron chi connectivity index (χ1n) is 7.40. The number of nitrogens with one attached hydrogen (secondary N) is 2. The molecule has 0 saturated heterocycles. The molecule has 0 aliphatic carbocycles. The molecule has 2 N–H and O–H groups in total. The average molecular weight is 331 g/mol. The molecule has 0 spiro atoms. The highest BCUT2D eigenvalue weighted by atomic mass is 35.5. The monoisotopic (exact) mass is 330 g/mol. The molecule has 4 nitrogen and oxygen atoms in total. The summed E-state index contributed by atoms with van der Waals surface area (Å²) >= 11 is 5.84. The van der Waals surface area contributed by atoms with Gasteiger partial charge in [-0.2, -0.15) is 0 Å². The molecule has 0 heterocycles. The standard InChI is InChI=1S/C18H19ClN2O2/c1-13(15-7-9-16(19)10-8-15)21-18(23)12-20-17(22)11-14-5-3-2-4-6-14/h2-10,13H,11-12H2,1H3,(H,20,22)(H,21,23)/t13-/m1/s1. The van der Waals surface area contributed by atoms with Crippen LogP contribution in [0.5, 0.6) is 0 Å². The second kappa shape index (κ2) is 8.34. The van der Waals surface area contributed by atoms with Crippen LogP contribution in [0.25, 0.3) is 0 Å². The summed E-state index contributed by atoms with van der Waals surface area (Å²) < 4.78 is 0. The van der Waals surface area contributed by atoms with Crippen molar-refractivity contribution in [3.05, 3.63) is 70.7 Å². The zero-order valence-electron chi connectivity index (χ0n) is 12.9. The Hall–Kier alpha value is -2.33. The van der Waals surface area contributed by atoms with Gasteiger partial charge in [-0.05, 0) is 30.2 Å². The molecule has 1 atom stereocenters. The molecule has 0 aromatic heterocycles. The summed E-state index contributed by atoms with van der Waals surface area (Å²) in [7, 11) is 0. The Morgan fingerprint density at radius 2 is 1.65 bits per heavy atom. The maximum atomic E-state index is 11.9. The number of benzene rings is 2. The SMILES string of the molecule is C[C@@H](NC(=O)CNC(=O)Cc1ccccc1)c1ccc(Cl)cc1. The van der Waals surface area contributed by atoms with Crippen LogP contribution in [0.2, 0.25) is 5.02 Å². The van der Waals surface area contributed by atoms with Gasteiger partial charge in [-0.25, -0.2) is 0 Å². The maximum absolute atomic E-state index is 11.9. The van der Waals surface area contributed by atoms with E-state index < -0.39 is 0 Å². The van der Waals surface area contributed by atoms with Crippen LogP contribution in [-0.4, -0.2) is 18.4 Å². The van der Waals surface area contributed by atoms with E-state index in [-0.39, 0.29) is 30.8 Å². The van der Waals surface area contributed by atoms with E-state index in [1.54, 1.807) is 12.1 Å². The van der Waals surface area contributed by atoms with Gasteiger partial charge >= 0.3 is 0 Å². The summed E-state index contributed by atoms with van der Waals surface area (Å²) in [6, 6.07) is 16.5. The Balaban J connectivity index is 1.76. The Labute approximate surface area is 140 Å². The van der Waals surface area contributed by atoms with Crippen molar-refractivity contribution in [1.29, 1.82) is 0 Å². The van der Waals surface area contributed by atoms with Crippen LogP contribution in [0, 0.1) is 0 Å². The average Bonchev–Trinajstić information content (AvgIpc) is 2.54. The topological polar surface area (TPSA) is 58.2 Å². The lowest BCUT2D eigenvalue weighted by Gasteiger charge is -2.14. The van der Waals surface area contributed by atoms with Crippen molar-refractivity contribution in [1.82, 2.24) is 10.6 Å². The molecule has 0 aliphatic heterocycles. The minimum atomic E-state index is -0.228. The van der Waals surface area contributed by atoms with E-state index in [0.717, 1.165) is 11.1 Å². The lowest BCUT2D eigenvalue weighted by molar-refractivity contribution is -0.126. The van der Waals surface area contributed by atoms with Gasteiger partial charge in [-0.15, -0.1) is 0 Å². The molecule has 0 saturated carbocycles. The highest BCUT2D eigenvalue weighted by molar-refractivity contribution is 6.30. The highest BCUT2D eigenvalue weighted by Crippen LogP contribution is 2.15. The molecule has 0 aliphatic rings. The fourth-order valence-electron chi connectivity index (χ4n) is 2.15. The highest BCUT2D eigenvalue weighted by Gasteiger charge is 2.11. The maximum Gasteiger partial charge on any atom is 0.239 e. The molecule has 0 fully saturated rings. The molecule has 5 heteroatoms. The fraction of sp³-hybridized carbons (Fsp3) is 0.222. The molecule has 120 valence electrons. The summed E-state index contributed by atoms with van der Waals surface area (Å²) in [5.74, 6) is -0.403. The van der Waals surface area contributed by atoms with Crippen LogP contribution in [0.15, 0.2) is 54.6 Å². The zero-order valence-corrected chi connectivity index (χ0v) is 13.6. The summed E-state index contributed by atoms with van der Waals surface area (Å²) in [4.78, 5) is 23.7. The zero-order chi connectivity index (χ0) is 16.7. The van der Waals surface area contributed by atoms with E-state index in [1.807, 2.05) is 49.4 Å². The Morgan fingerprint density at radius 1 is 1.00 bits per heavy atom. The number of amides is 2. The van der Waals surface area contributed by atoms with Gasteiger partial charge in [0.2, 0.25) is 11.8 Å². The number of carbonyl (C=O) groups excluding carboxylic acids is 2. The summed E-state index contributed by atoms with van der Waals surface area (Å²) in [6.07, 6.45) is 0.265. The number of hydrogen-bond acceptors (Lipinski definition) is 2. The smallest absolute Gasteiger partial charge is 0.239 e. The van der Waals surface area contributed by atoms with Gasteiger partial charge in [0.25, 0.3) is 0 Å². The minimum absolute atomic E-state index is 0.0381. The van der Waals surface area contributed by atoms with Crippen LogP contribution >= 0.6 is 11.6 Å². The van der Waals surface area contributed by atoms with E-state index in [9.17, 15) is 9.59 Å². The van der Waals surface area contributed by atoms with Crippen LogP contribution in [0.3, 0.4) is 0 Å². The van der Waals surface area contributed by atoms with E-state index in [4.69, 9.17) is 11.6 Å². The predicted octanol–water partition coefficient (Wildman–Crippen LogP) is 2.88. The van der Waals surface area contributed by atoms with Crippen molar-refractivity contribution in [2.45, 2.75) is 19.4 Å². The largest absolute Gasteiger partial charge is 0.348 e. The molecule has 0 radical (unpaired) electrons. The third kappa shape index (κ3) is 5.75. The molecule has 2 amide bonds. The fourth-order valence-corrected chi connectivity index (χ4v) is 2.28. The normalized spacial score (nSPS) is 11.6. The Morgan fingerprint density at radius 3 is 2.30 bits per heavy atom. The van der Waals surface area contributed by atoms with Crippen molar-refractivity contribution >= 4 is 23.4 Å². The number of carbonyl (C=O) groups is 2. The van der Waals surface area contributed by atoms with Crippen LogP contribution in [-0.2, 0) is 16.0 Å². The first-order valence-corrected chi connectivity index (χ1v) is 7.78. The molecule has 23 heavy (non-hydrogen) atoms. The van der Waals surface area contributed by atoms with Gasteiger partial charge < -0.3 is 10.6 Å². The first kappa shape index (κ1) is 17.0. The van der Waals surface area contributed by atoms with Gasteiger partial charge in [0.1, 0.15) is 0 Å². The molecule has 2 aromatic rings. The van der Waals surface area contributed by atoms with Crippen molar-refractivity contribution in [3.63, 3.8) is 0 Å². The molecule has 2 rings (SSSR count). The Kier molecular flexibility index (Phi) is 6.18. The summed E-state index contributed by atoms with van der Waals surface area (Å²) in [5, 5.41) is 6.12. The van der Waals surface area contributed by atoms with Crippen molar-refractivity contribution in [2.24, 2.45) is 0 Å². The molecule has 2 aromatic carbocycles. The van der Waals surface area contributed by atoms with E-state index >= 15 is 0 Å². The second-order valence-corrected chi connectivity index (χ2v) is 5.72. The molecule has 0 unspecified atom stereocenters. The Bertz CT molecular complexity index is 656. The van der Waals surface area contributed by atoms with E-state index in [2.05, 4.69) is 10.6 Å². The van der Waals surface area contributed by atoms with Crippen LogP contribution < -0.4 is 10.6 Å². The summed E-state index contributed by atoms with van der Waals surface area (Å²) in [5.41, 5.74) is 1.87. The third-order valence-corrected chi connectivity index (χ3v) is 3.65. The molecule has 0 bridgehead atoms. The van der Waals surface area contributed by atoms with Gasteiger partial charge in [-0.1, -0.05) is 54.1 Å². The summed E-state index contributed by atoms with van der Waals surface area (Å²) in [6.45, 7) is 1.84. The quantitative estimate of drug-likeness (QED) is 0.855. The lowest BCUT2D eigenvalue weighted by Crippen LogP contribution is -2.38. The number of hydrogen-bond donors (Lipinski definition) is 2. The van der Waals surface area contributed by atoms with Gasteiger partial charge in [0.05, 0.1) is 19.0 Å². The first-order chi connectivity index (χ1) is 11.0. The predicted molar refractivity (Wildman–Crippen MR) is 91.2 cm³/mol. The van der Waals surface area contributed by atoms with E-state index in [0.29, 0.717) is 5.02 Å². The van der Waals surface area contributed by atoms with Gasteiger partial charge in [-0.3, -0.25) is 9.59 Å². The molecular formula is C18H19ClN2O2. The molecular weight excluding hydrogens is 312 g/mol. The van der Waals surface area contributed by atoms with Crippen LogP contribution in [0.4, 0.5) is 0 Å². The van der Waals surface area contributed by atoms with E-state index in [1.165, 1.54) is 0 Å². The van der Waals surface area contributed by atoms with Crippen molar-refractivity contribution in [2.75, 3.05) is 6.54 Å². The van der Waals surface area contributed by atoms with Crippen molar-refractivity contribution < 1.29 is 9.59 Å². The number of halogens is 1. The van der Waals surface area contributed by atoms with Crippen molar-refractivity contribution in [3.8, 4) is 0 Å². The minimum Gasteiger partial charge on any atom is -0.348 e. The number of rotatable bonds is 6. The van der Waals surface area contributed by atoms with Gasteiger partial charge in [0.15, 0.2) is 0 Å². The van der Waals surface area contributed by atoms with Gasteiger partial charge in [0, 0.05) is 5.02 Å².